The molecule has 118 valence electrons. The summed E-state index contributed by atoms with van der Waals surface area (Å²) >= 11 is 0. The Balaban J connectivity index is 1.64. The van der Waals surface area contributed by atoms with Gasteiger partial charge in [0.05, 0.1) is 6.54 Å². The van der Waals surface area contributed by atoms with Crippen LogP contribution in [0.1, 0.15) is 5.56 Å². The molecule has 7 heteroatoms. The van der Waals surface area contributed by atoms with Crippen molar-refractivity contribution >= 4 is 0 Å². The minimum Gasteiger partial charge on any atom is -0.491 e. The summed E-state index contributed by atoms with van der Waals surface area (Å²) in [6, 6.07) is 13.2. The third kappa shape index (κ3) is 3.70. The minimum absolute atomic E-state index is 0.159. The largest absolute Gasteiger partial charge is 0.491 e. The maximum absolute atomic E-state index is 10.2. The van der Waals surface area contributed by atoms with Crippen LogP contribution in [0.3, 0.4) is 0 Å². The molecule has 1 atom stereocenters. The molecule has 1 N–H and O–H groups in total. The molecule has 0 bridgehead atoms. The van der Waals surface area contributed by atoms with Crippen LogP contribution in [0.5, 0.6) is 5.75 Å². The summed E-state index contributed by atoms with van der Waals surface area (Å²) < 4.78 is 7.17. The molecule has 0 saturated heterocycles. The van der Waals surface area contributed by atoms with Crippen molar-refractivity contribution in [2.24, 2.45) is 0 Å². The van der Waals surface area contributed by atoms with E-state index in [9.17, 15) is 5.11 Å². The van der Waals surface area contributed by atoms with Crippen molar-refractivity contribution in [1.29, 1.82) is 0 Å². The van der Waals surface area contributed by atoms with Crippen LogP contribution in [0.2, 0.25) is 0 Å². The monoisotopic (exact) mass is 311 g/mol. The number of pyridine rings is 1. The van der Waals surface area contributed by atoms with E-state index < -0.39 is 6.10 Å². The lowest BCUT2D eigenvalue weighted by molar-refractivity contribution is 0.0889. The number of hydrogen-bond acceptors (Lipinski definition) is 6. The number of para-hydroxylation sites is 1. The Bertz CT molecular complexity index is 760. The Morgan fingerprint density at radius 2 is 2.00 bits per heavy atom. The van der Waals surface area contributed by atoms with Gasteiger partial charge in [0.2, 0.25) is 5.82 Å². The van der Waals surface area contributed by atoms with Crippen LogP contribution in [0.25, 0.3) is 11.5 Å². The van der Waals surface area contributed by atoms with Gasteiger partial charge in [-0.1, -0.05) is 24.3 Å². The molecule has 0 amide bonds. The first-order valence-corrected chi connectivity index (χ1v) is 7.28. The molecule has 0 radical (unpaired) electrons. The summed E-state index contributed by atoms with van der Waals surface area (Å²) in [6.45, 7) is 2.35. The number of nitrogens with zero attached hydrogens (tertiary/aromatic N) is 5. The number of rotatable bonds is 6. The van der Waals surface area contributed by atoms with Gasteiger partial charge < -0.3 is 9.84 Å². The highest BCUT2D eigenvalue weighted by atomic mass is 16.5. The van der Waals surface area contributed by atoms with Gasteiger partial charge in [-0.05, 0) is 41.1 Å². The highest BCUT2D eigenvalue weighted by Gasteiger charge is 2.14. The van der Waals surface area contributed by atoms with E-state index in [0.717, 1.165) is 11.3 Å². The molecule has 2 aromatic heterocycles. The Morgan fingerprint density at radius 1 is 1.17 bits per heavy atom. The lowest BCUT2D eigenvalue weighted by Gasteiger charge is -2.14. The van der Waals surface area contributed by atoms with E-state index in [2.05, 4.69) is 20.5 Å². The van der Waals surface area contributed by atoms with Crippen molar-refractivity contribution in [2.45, 2.75) is 19.6 Å². The van der Waals surface area contributed by atoms with Crippen LogP contribution >= 0.6 is 0 Å². The maximum atomic E-state index is 10.2. The highest BCUT2D eigenvalue weighted by Crippen LogP contribution is 2.17. The predicted octanol–water partition coefficient (Wildman–Crippen LogP) is 1.48. The van der Waals surface area contributed by atoms with Crippen molar-refractivity contribution in [2.75, 3.05) is 6.61 Å². The van der Waals surface area contributed by atoms with Crippen molar-refractivity contribution in [1.82, 2.24) is 25.2 Å². The van der Waals surface area contributed by atoms with Crippen LogP contribution in [0.4, 0.5) is 0 Å². The maximum Gasteiger partial charge on any atom is 0.200 e. The van der Waals surface area contributed by atoms with E-state index in [0.29, 0.717) is 11.5 Å². The van der Waals surface area contributed by atoms with Gasteiger partial charge in [0.1, 0.15) is 24.2 Å². The zero-order valence-corrected chi connectivity index (χ0v) is 12.7. The Hall–Kier alpha value is -2.80. The molecule has 0 unspecified atom stereocenters. The van der Waals surface area contributed by atoms with E-state index in [-0.39, 0.29) is 13.2 Å². The molecule has 0 aliphatic heterocycles. The second kappa shape index (κ2) is 6.97. The normalized spacial score (nSPS) is 12.1. The summed E-state index contributed by atoms with van der Waals surface area (Å²) in [7, 11) is 0. The van der Waals surface area contributed by atoms with Crippen LogP contribution < -0.4 is 4.74 Å². The lowest BCUT2D eigenvalue weighted by Crippen LogP contribution is -2.25. The van der Waals surface area contributed by atoms with Crippen LogP contribution in [0.15, 0.2) is 48.7 Å². The standard InChI is InChI=1S/C16H17N5O2/c1-12-6-2-3-8-15(12)23-11-13(22)10-21-16(18-19-20-21)14-7-4-5-9-17-14/h2-9,13,22H,10-11H2,1H3/t13-/m0/s1. The summed E-state index contributed by atoms with van der Waals surface area (Å²) in [5, 5.41) is 21.7. The zero-order valence-electron chi connectivity index (χ0n) is 12.7. The molecule has 7 nitrogen and oxygen atoms in total. The van der Waals surface area contributed by atoms with Crippen LogP contribution in [0, 0.1) is 6.92 Å². The Labute approximate surface area is 133 Å². The van der Waals surface area contributed by atoms with E-state index in [1.165, 1.54) is 4.68 Å². The first-order chi connectivity index (χ1) is 11.2. The predicted molar refractivity (Wildman–Crippen MR) is 83.7 cm³/mol. The second-order valence-electron chi connectivity index (χ2n) is 5.13. The molecule has 23 heavy (non-hydrogen) atoms. The molecule has 0 aliphatic carbocycles. The smallest absolute Gasteiger partial charge is 0.200 e. The highest BCUT2D eigenvalue weighted by molar-refractivity contribution is 5.47. The van der Waals surface area contributed by atoms with Gasteiger partial charge in [0.15, 0.2) is 0 Å². The quantitative estimate of drug-likeness (QED) is 0.742. The number of ether oxygens (including phenoxy) is 1. The van der Waals surface area contributed by atoms with Crippen LogP contribution in [-0.2, 0) is 6.54 Å². The summed E-state index contributed by atoms with van der Waals surface area (Å²) in [4.78, 5) is 4.22. The lowest BCUT2D eigenvalue weighted by atomic mass is 10.2. The van der Waals surface area contributed by atoms with Crippen molar-refractivity contribution in [3.05, 3.63) is 54.2 Å². The van der Waals surface area contributed by atoms with Crippen LogP contribution in [-0.4, -0.2) is 43.0 Å². The van der Waals surface area contributed by atoms with Gasteiger partial charge in [-0.2, -0.15) is 0 Å². The Kier molecular flexibility index (Phi) is 4.58. The summed E-state index contributed by atoms with van der Waals surface area (Å²) in [5.41, 5.74) is 1.68. The molecule has 1 aromatic carbocycles. The van der Waals surface area contributed by atoms with Gasteiger partial charge in [-0.25, -0.2) is 4.68 Å². The second-order valence-corrected chi connectivity index (χ2v) is 5.13. The third-order valence-corrected chi connectivity index (χ3v) is 3.33. The number of aliphatic hydroxyl groups is 1. The average molecular weight is 311 g/mol. The molecule has 0 spiro atoms. The van der Waals surface area contributed by atoms with Gasteiger partial charge in [0, 0.05) is 6.20 Å². The SMILES string of the molecule is Cc1ccccc1OC[C@@H](O)Cn1nnnc1-c1ccccn1. The molecular formula is C16H17N5O2. The summed E-state index contributed by atoms with van der Waals surface area (Å²) in [6.07, 6.45) is 0.937. The number of aromatic nitrogens is 5. The molecule has 0 saturated carbocycles. The van der Waals surface area contributed by atoms with Gasteiger partial charge in [0.25, 0.3) is 0 Å². The molecule has 3 aromatic rings. The number of benzene rings is 1. The zero-order chi connectivity index (χ0) is 16.1. The summed E-state index contributed by atoms with van der Waals surface area (Å²) in [5.74, 6) is 1.27. The van der Waals surface area contributed by atoms with Gasteiger partial charge in [-0.3, -0.25) is 4.98 Å². The molecule has 2 heterocycles. The first-order valence-electron chi connectivity index (χ1n) is 7.28. The van der Waals surface area contributed by atoms with Crippen molar-refractivity contribution < 1.29 is 9.84 Å². The molecule has 3 rings (SSSR count). The fourth-order valence-corrected chi connectivity index (χ4v) is 2.16. The molecule has 0 aliphatic rings. The van der Waals surface area contributed by atoms with Crippen molar-refractivity contribution in [3.63, 3.8) is 0 Å². The Morgan fingerprint density at radius 3 is 2.78 bits per heavy atom. The first kappa shape index (κ1) is 15.1. The van der Waals surface area contributed by atoms with Crippen molar-refractivity contribution in [3.8, 4) is 17.3 Å². The number of tetrazole rings is 1. The number of hydrogen-bond donors (Lipinski definition) is 1. The molecule has 0 fully saturated rings. The van der Waals surface area contributed by atoms with E-state index >= 15 is 0 Å². The topological polar surface area (TPSA) is 86.0 Å². The van der Waals surface area contributed by atoms with E-state index in [1.54, 1.807) is 6.20 Å². The minimum atomic E-state index is -0.736. The number of aryl methyl sites for hydroxylation is 1. The number of aliphatic hydroxyl groups excluding tert-OH is 1. The molecular weight excluding hydrogens is 294 g/mol. The fourth-order valence-electron chi connectivity index (χ4n) is 2.16. The van der Waals surface area contributed by atoms with E-state index in [1.807, 2.05) is 49.4 Å². The fraction of sp³-hybridized carbons (Fsp3) is 0.250. The van der Waals surface area contributed by atoms with Gasteiger partial charge in [-0.15, -0.1) is 5.10 Å². The van der Waals surface area contributed by atoms with E-state index in [4.69, 9.17) is 4.74 Å². The van der Waals surface area contributed by atoms with Gasteiger partial charge >= 0.3 is 0 Å². The third-order valence-electron chi connectivity index (χ3n) is 3.33. The average Bonchev–Trinajstić information content (AvgIpc) is 3.03.